The molecule has 0 bridgehead atoms. The van der Waals surface area contributed by atoms with E-state index in [-0.39, 0.29) is 11.5 Å². The molecule has 2 aliphatic rings. The summed E-state index contributed by atoms with van der Waals surface area (Å²) >= 11 is 0. The van der Waals surface area contributed by atoms with Crippen LogP contribution in [0.1, 0.15) is 46.2 Å². The van der Waals surface area contributed by atoms with Crippen LogP contribution in [0.2, 0.25) is 0 Å². The Morgan fingerprint density at radius 1 is 0.787 bits per heavy atom. The van der Waals surface area contributed by atoms with Gasteiger partial charge in [0.15, 0.2) is 17.3 Å². The fourth-order valence-electron chi connectivity index (χ4n) is 5.47. The van der Waals surface area contributed by atoms with Gasteiger partial charge in [0.05, 0.1) is 24.8 Å². The monoisotopic (exact) mass is 668 g/mol. The van der Waals surface area contributed by atoms with Gasteiger partial charge < -0.3 is 75.1 Å². The molecule has 2 saturated heterocycles. The molecule has 2 aromatic carbocycles. The van der Waals surface area contributed by atoms with Crippen molar-refractivity contribution in [2.45, 2.75) is 68.0 Å². The van der Waals surface area contributed by atoms with Crippen LogP contribution in [-0.2, 0) is 19.0 Å². The van der Waals surface area contributed by atoms with Crippen molar-refractivity contribution in [3.8, 4) is 28.7 Å². The fourth-order valence-corrected chi connectivity index (χ4v) is 5.47. The Bertz CT molecular complexity index is 1510. The second-order valence-electron chi connectivity index (χ2n) is 11.0. The summed E-state index contributed by atoms with van der Waals surface area (Å²) in [6.07, 6.45) is -16.7. The SMILES string of the molecule is COc1cc(/C=C/C(=O)OC[C@H]2O[C@@H](c3c(O)c(C(C)=O)c(O)c([C@@H]4O[C@H](CO)[C@@H](O)[C@H](O)[C@H]4O)c3O)[C@H](O)[C@@H](O)[C@@H]2O)ccc1O. The number of carbonyl (C=O) groups is 2. The van der Waals surface area contributed by atoms with E-state index in [4.69, 9.17) is 18.9 Å². The molecule has 2 fully saturated rings. The van der Waals surface area contributed by atoms with Gasteiger partial charge >= 0.3 is 5.97 Å². The van der Waals surface area contributed by atoms with Crippen LogP contribution in [0.5, 0.6) is 28.7 Å². The number of benzene rings is 2. The van der Waals surface area contributed by atoms with Crippen molar-refractivity contribution in [2.24, 2.45) is 0 Å². The van der Waals surface area contributed by atoms with Crippen LogP contribution in [-0.4, -0.2) is 137 Å². The van der Waals surface area contributed by atoms with Crippen LogP contribution >= 0.6 is 0 Å². The number of ether oxygens (including phenoxy) is 4. The minimum Gasteiger partial charge on any atom is -0.507 e. The molecule has 11 N–H and O–H groups in total. The number of aliphatic hydroxyl groups excluding tert-OH is 7. The van der Waals surface area contributed by atoms with Crippen LogP contribution in [0.15, 0.2) is 24.3 Å². The first kappa shape index (κ1) is 35.8. The summed E-state index contributed by atoms with van der Waals surface area (Å²) in [5, 5.41) is 116. The third kappa shape index (κ3) is 6.84. The number of aliphatic hydroxyl groups is 7. The fraction of sp³-hybridized carbons (Fsp3) is 0.467. The van der Waals surface area contributed by atoms with Crippen LogP contribution in [0.4, 0.5) is 0 Å². The summed E-state index contributed by atoms with van der Waals surface area (Å²) in [5.41, 5.74) is -2.05. The predicted molar refractivity (Wildman–Crippen MR) is 154 cm³/mol. The van der Waals surface area contributed by atoms with Gasteiger partial charge in [-0.1, -0.05) is 6.07 Å². The summed E-state index contributed by atoms with van der Waals surface area (Å²) in [5.74, 6) is -5.34. The van der Waals surface area contributed by atoms with E-state index in [9.17, 15) is 65.8 Å². The lowest BCUT2D eigenvalue weighted by atomic mass is 9.84. The second kappa shape index (κ2) is 14.4. The second-order valence-corrected chi connectivity index (χ2v) is 11.0. The van der Waals surface area contributed by atoms with Gasteiger partial charge in [-0.05, 0) is 30.7 Å². The summed E-state index contributed by atoms with van der Waals surface area (Å²) < 4.78 is 21.2. The van der Waals surface area contributed by atoms with Gasteiger partial charge in [-0.2, -0.15) is 0 Å². The van der Waals surface area contributed by atoms with Gasteiger partial charge in [0.1, 0.15) is 90.5 Å². The Kier molecular flexibility index (Phi) is 11.0. The molecule has 17 heteroatoms. The Labute approximate surface area is 266 Å². The number of esters is 1. The highest BCUT2D eigenvalue weighted by Gasteiger charge is 2.50. The number of rotatable bonds is 9. The Hall–Kier alpha value is -4.04. The first-order valence-electron chi connectivity index (χ1n) is 14.2. The minimum atomic E-state index is -2.12. The van der Waals surface area contributed by atoms with Crippen molar-refractivity contribution in [1.29, 1.82) is 0 Å². The van der Waals surface area contributed by atoms with E-state index in [1.165, 1.54) is 31.4 Å². The van der Waals surface area contributed by atoms with Crippen LogP contribution < -0.4 is 4.74 Å². The first-order valence-corrected chi connectivity index (χ1v) is 14.2. The normalized spacial score (nSPS) is 31.1. The average Bonchev–Trinajstić information content (AvgIpc) is 3.03. The number of hydrogen-bond acceptors (Lipinski definition) is 17. The highest BCUT2D eigenvalue weighted by Crippen LogP contribution is 2.52. The number of ketones is 1. The Morgan fingerprint density at radius 2 is 1.32 bits per heavy atom. The highest BCUT2D eigenvalue weighted by molar-refractivity contribution is 6.01. The third-order valence-electron chi connectivity index (χ3n) is 8.03. The predicted octanol–water partition coefficient (Wildman–Crippen LogP) is -1.99. The Balaban J connectivity index is 1.66. The average molecular weight is 669 g/mol. The van der Waals surface area contributed by atoms with E-state index in [1.807, 2.05) is 0 Å². The number of methoxy groups -OCH3 is 1. The number of phenols is 4. The van der Waals surface area contributed by atoms with Crippen LogP contribution in [0.25, 0.3) is 6.08 Å². The molecule has 258 valence electrons. The molecule has 47 heavy (non-hydrogen) atoms. The highest BCUT2D eigenvalue weighted by atomic mass is 16.6. The number of carbonyl (C=O) groups excluding carboxylic acids is 2. The van der Waals surface area contributed by atoms with E-state index >= 15 is 0 Å². The zero-order valence-corrected chi connectivity index (χ0v) is 24.9. The Morgan fingerprint density at radius 3 is 1.83 bits per heavy atom. The zero-order chi connectivity index (χ0) is 34.9. The number of Topliss-reactive ketones (excluding diaryl/α,β-unsaturated/α-hetero) is 1. The summed E-state index contributed by atoms with van der Waals surface area (Å²) in [7, 11) is 1.33. The van der Waals surface area contributed by atoms with Crippen molar-refractivity contribution in [2.75, 3.05) is 20.3 Å². The van der Waals surface area contributed by atoms with Crippen LogP contribution in [0.3, 0.4) is 0 Å². The molecular weight excluding hydrogens is 632 g/mol. The van der Waals surface area contributed by atoms with E-state index in [2.05, 4.69) is 0 Å². The molecule has 0 aromatic heterocycles. The quantitative estimate of drug-likeness (QED) is 0.0783. The minimum absolute atomic E-state index is 0.132. The lowest BCUT2D eigenvalue weighted by Gasteiger charge is -2.42. The van der Waals surface area contributed by atoms with Gasteiger partial charge in [0, 0.05) is 6.08 Å². The third-order valence-corrected chi connectivity index (χ3v) is 8.03. The maximum Gasteiger partial charge on any atom is 0.330 e. The molecule has 10 atom stereocenters. The molecule has 2 heterocycles. The molecule has 2 aliphatic heterocycles. The molecule has 0 radical (unpaired) electrons. The summed E-state index contributed by atoms with van der Waals surface area (Å²) in [6, 6.07) is 4.24. The number of aromatic hydroxyl groups is 4. The van der Waals surface area contributed by atoms with Gasteiger partial charge in [0.2, 0.25) is 0 Å². The molecule has 0 aliphatic carbocycles. The molecule has 2 aromatic rings. The lowest BCUT2D eigenvalue weighted by molar-refractivity contribution is -0.235. The van der Waals surface area contributed by atoms with E-state index in [1.54, 1.807) is 0 Å². The van der Waals surface area contributed by atoms with Crippen molar-refractivity contribution in [1.82, 2.24) is 0 Å². The van der Waals surface area contributed by atoms with E-state index in [0.717, 1.165) is 13.0 Å². The maximum atomic E-state index is 12.5. The summed E-state index contributed by atoms with van der Waals surface area (Å²) in [6.45, 7) is -0.726. The van der Waals surface area contributed by atoms with Crippen LogP contribution in [0, 0.1) is 0 Å². The standard InChI is InChI=1S/C30H36O17/c1-10(32)17-22(37)18(29-27(42)25(40)20(35)14(8-31)46-29)24(39)19(23(17)38)30-28(43)26(41)21(36)15(47-30)9-45-16(34)6-4-11-3-5-12(33)13(7-11)44-2/h3-7,14-15,20-21,25-31,33,35-43H,8-9H2,1-2H3/b6-4+/t14-,15-,20-,21-,25+,26+,27-,28-,29+,30+/m1/s1. The maximum absolute atomic E-state index is 12.5. The topological polar surface area (TPSA) is 294 Å². The number of phenolic OH excluding ortho intramolecular Hbond substituents is 4. The summed E-state index contributed by atoms with van der Waals surface area (Å²) in [4.78, 5) is 25.0. The van der Waals surface area contributed by atoms with Gasteiger partial charge in [-0.3, -0.25) is 4.79 Å². The first-order chi connectivity index (χ1) is 22.1. The molecule has 17 nitrogen and oxygen atoms in total. The smallest absolute Gasteiger partial charge is 0.330 e. The molecule has 0 unspecified atom stereocenters. The largest absolute Gasteiger partial charge is 0.507 e. The van der Waals surface area contributed by atoms with Crippen molar-refractivity contribution in [3.63, 3.8) is 0 Å². The molecule has 0 spiro atoms. The lowest BCUT2D eigenvalue weighted by Crippen LogP contribution is -2.56. The van der Waals surface area contributed by atoms with E-state index in [0.29, 0.717) is 5.56 Å². The zero-order valence-electron chi connectivity index (χ0n) is 24.9. The number of hydrogen-bond donors (Lipinski definition) is 11. The molecule has 0 amide bonds. The van der Waals surface area contributed by atoms with Gasteiger partial charge in [-0.25, -0.2) is 4.79 Å². The van der Waals surface area contributed by atoms with Gasteiger partial charge in [-0.15, -0.1) is 0 Å². The van der Waals surface area contributed by atoms with Gasteiger partial charge in [0.25, 0.3) is 0 Å². The van der Waals surface area contributed by atoms with Crippen molar-refractivity contribution < 1.29 is 84.7 Å². The molecule has 0 saturated carbocycles. The van der Waals surface area contributed by atoms with Crippen molar-refractivity contribution in [3.05, 3.63) is 46.5 Å². The van der Waals surface area contributed by atoms with E-state index < -0.39 is 120 Å². The molecule has 4 rings (SSSR count). The molecular formula is C30H36O17. The van der Waals surface area contributed by atoms with Crippen molar-refractivity contribution >= 4 is 17.8 Å².